The summed E-state index contributed by atoms with van der Waals surface area (Å²) in [4.78, 5) is 18.1. The zero-order valence-corrected chi connectivity index (χ0v) is 16.1. The lowest BCUT2D eigenvalue weighted by molar-refractivity contribution is -0.121. The summed E-state index contributed by atoms with van der Waals surface area (Å²) in [7, 11) is 0. The molecule has 0 aliphatic carbocycles. The third kappa shape index (κ3) is 4.19. The molecule has 3 aromatic rings. The molecule has 2 aromatic carbocycles. The SMILES string of the molecule is CCc1ccc(Cc2cnc(NC(=O)[C@@H]3COc4ccccc4C3)s2)cc1. The largest absolute Gasteiger partial charge is 0.492 e. The van der Waals surface area contributed by atoms with Gasteiger partial charge in [-0.3, -0.25) is 4.79 Å². The van der Waals surface area contributed by atoms with Crippen LogP contribution in [-0.2, 0) is 24.1 Å². The number of carbonyl (C=O) groups excluding carboxylic acids is 1. The van der Waals surface area contributed by atoms with Crippen LogP contribution in [0, 0.1) is 5.92 Å². The number of benzene rings is 2. The van der Waals surface area contributed by atoms with Crippen molar-refractivity contribution in [1.29, 1.82) is 0 Å². The van der Waals surface area contributed by atoms with Crippen LogP contribution >= 0.6 is 11.3 Å². The Labute approximate surface area is 163 Å². The Balaban J connectivity index is 1.37. The van der Waals surface area contributed by atoms with E-state index in [2.05, 4.69) is 41.5 Å². The fourth-order valence-corrected chi connectivity index (χ4v) is 4.09. The number of thiazole rings is 1. The fraction of sp³-hybridized carbons (Fsp3) is 0.273. The van der Waals surface area contributed by atoms with E-state index >= 15 is 0 Å². The zero-order chi connectivity index (χ0) is 18.6. The molecule has 0 radical (unpaired) electrons. The number of nitrogens with one attached hydrogen (secondary N) is 1. The van der Waals surface area contributed by atoms with Gasteiger partial charge in [-0.1, -0.05) is 49.4 Å². The lowest BCUT2D eigenvalue weighted by atomic mass is 9.96. The second-order valence-corrected chi connectivity index (χ2v) is 7.90. The number of aromatic nitrogens is 1. The Bertz CT molecular complexity index is 933. The highest BCUT2D eigenvalue weighted by Gasteiger charge is 2.26. The summed E-state index contributed by atoms with van der Waals surface area (Å²) in [6.07, 6.45) is 4.43. The molecule has 1 aliphatic rings. The van der Waals surface area contributed by atoms with Gasteiger partial charge in [0, 0.05) is 17.5 Å². The number of carbonyl (C=O) groups is 1. The monoisotopic (exact) mass is 378 g/mol. The quantitative estimate of drug-likeness (QED) is 0.712. The Morgan fingerprint density at radius 3 is 2.78 bits per heavy atom. The average Bonchev–Trinajstić information content (AvgIpc) is 3.15. The molecule has 1 N–H and O–H groups in total. The van der Waals surface area contributed by atoms with E-state index in [1.165, 1.54) is 22.5 Å². The second-order valence-electron chi connectivity index (χ2n) is 6.79. The van der Waals surface area contributed by atoms with Crippen LogP contribution in [0.25, 0.3) is 0 Å². The van der Waals surface area contributed by atoms with Crippen molar-refractivity contribution in [2.45, 2.75) is 26.2 Å². The van der Waals surface area contributed by atoms with E-state index in [0.29, 0.717) is 18.2 Å². The van der Waals surface area contributed by atoms with Gasteiger partial charge in [-0.25, -0.2) is 4.98 Å². The normalized spacial score (nSPS) is 15.7. The molecule has 0 bridgehead atoms. The Hall–Kier alpha value is -2.66. The zero-order valence-electron chi connectivity index (χ0n) is 15.3. The van der Waals surface area contributed by atoms with Crippen molar-refractivity contribution >= 4 is 22.4 Å². The summed E-state index contributed by atoms with van der Waals surface area (Å²) >= 11 is 1.53. The minimum atomic E-state index is -0.186. The fourth-order valence-electron chi connectivity index (χ4n) is 3.24. The van der Waals surface area contributed by atoms with Gasteiger partial charge in [-0.05, 0) is 35.6 Å². The van der Waals surface area contributed by atoms with E-state index in [1.807, 2.05) is 30.5 Å². The molecule has 0 saturated heterocycles. The van der Waals surface area contributed by atoms with E-state index in [4.69, 9.17) is 4.74 Å². The first-order chi connectivity index (χ1) is 13.2. The Morgan fingerprint density at radius 1 is 1.19 bits per heavy atom. The van der Waals surface area contributed by atoms with E-state index < -0.39 is 0 Å². The van der Waals surface area contributed by atoms with Crippen molar-refractivity contribution in [3.63, 3.8) is 0 Å². The summed E-state index contributed by atoms with van der Waals surface area (Å²) in [6, 6.07) is 16.5. The molecule has 2 heterocycles. The highest BCUT2D eigenvalue weighted by molar-refractivity contribution is 7.15. The molecule has 0 spiro atoms. The lowest BCUT2D eigenvalue weighted by Crippen LogP contribution is -2.32. The van der Waals surface area contributed by atoms with Gasteiger partial charge in [-0.2, -0.15) is 0 Å². The second kappa shape index (κ2) is 7.92. The maximum absolute atomic E-state index is 12.6. The van der Waals surface area contributed by atoms with Crippen molar-refractivity contribution in [1.82, 2.24) is 4.98 Å². The molecule has 1 atom stereocenters. The first kappa shape index (κ1) is 17.7. The highest BCUT2D eigenvalue weighted by atomic mass is 32.1. The van der Waals surface area contributed by atoms with Gasteiger partial charge in [0.1, 0.15) is 12.4 Å². The molecule has 5 heteroatoms. The van der Waals surface area contributed by atoms with E-state index in [1.54, 1.807) is 0 Å². The van der Waals surface area contributed by atoms with Crippen LogP contribution in [0.5, 0.6) is 5.75 Å². The molecule has 1 aromatic heterocycles. The van der Waals surface area contributed by atoms with Crippen molar-refractivity contribution in [2.75, 3.05) is 11.9 Å². The molecule has 138 valence electrons. The van der Waals surface area contributed by atoms with Gasteiger partial charge < -0.3 is 10.1 Å². The number of aryl methyl sites for hydroxylation is 1. The van der Waals surface area contributed by atoms with E-state index in [9.17, 15) is 4.79 Å². The van der Waals surface area contributed by atoms with Crippen LogP contribution < -0.4 is 10.1 Å². The van der Waals surface area contributed by atoms with Crippen LogP contribution in [0.2, 0.25) is 0 Å². The Morgan fingerprint density at radius 2 is 1.96 bits per heavy atom. The van der Waals surface area contributed by atoms with Crippen molar-refractivity contribution in [3.05, 3.63) is 76.3 Å². The van der Waals surface area contributed by atoms with Gasteiger partial charge in [0.05, 0.1) is 5.92 Å². The summed E-state index contributed by atoms with van der Waals surface area (Å²) in [5, 5.41) is 3.61. The van der Waals surface area contributed by atoms with Gasteiger partial charge in [0.15, 0.2) is 5.13 Å². The van der Waals surface area contributed by atoms with Gasteiger partial charge in [0.25, 0.3) is 0 Å². The maximum Gasteiger partial charge on any atom is 0.233 e. The smallest absolute Gasteiger partial charge is 0.233 e. The van der Waals surface area contributed by atoms with Crippen LogP contribution in [-0.4, -0.2) is 17.5 Å². The van der Waals surface area contributed by atoms with E-state index in [-0.39, 0.29) is 11.8 Å². The molecule has 4 rings (SSSR count). The molecular weight excluding hydrogens is 356 g/mol. The third-order valence-corrected chi connectivity index (χ3v) is 5.76. The average molecular weight is 378 g/mol. The van der Waals surface area contributed by atoms with Gasteiger partial charge in [0.2, 0.25) is 5.91 Å². The number of amides is 1. The molecule has 4 nitrogen and oxygen atoms in total. The third-order valence-electron chi connectivity index (χ3n) is 4.84. The topological polar surface area (TPSA) is 51.2 Å². The number of hydrogen-bond donors (Lipinski definition) is 1. The minimum Gasteiger partial charge on any atom is -0.492 e. The first-order valence-electron chi connectivity index (χ1n) is 9.25. The number of para-hydroxylation sites is 1. The van der Waals surface area contributed by atoms with Gasteiger partial charge >= 0.3 is 0 Å². The molecule has 0 unspecified atom stereocenters. The number of ether oxygens (including phenoxy) is 1. The predicted molar refractivity (Wildman–Crippen MR) is 109 cm³/mol. The van der Waals surface area contributed by atoms with Crippen molar-refractivity contribution in [3.8, 4) is 5.75 Å². The van der Waals surface area contributed by atoms with Crippen molar-refractivity contribution in [2.24, 2.45) is 5.92 Å². The number of fused-ring (bicyclic) bond motifs is 1. The summed E-state index contributed by atoms with van der Waals surface area (Å²) in [5.41, 5.74) is 3.68. The van der Waals surface area contributed by atoms with Crippen molar-refractivity contribution < 1.29 is 9.53 Å². The van der Waals surface area contributed by atoms with Crippen LogP contribution in [0.1, 0.15) is 28.5 Å². The van der Waals surface area contributed by atoms with Gasteiger partial charge in [-0.15, -0.1) is 11.3 Å². The minimum absolute atomic E-state index is 0.0299. The molecule has 27 heavy (non-hydrogen) atoms. The molecule has 0 fully saturated rings. The number of rotatable bonds is 5. The molecule has 1 aliphatic heterocycles. The lowest BCUT2D eigenvalue weighted by Gasteiger charge is -2.24. The maximum atomic E-state index is 12.6. The summed E-state index contributed by atoms with van der Waals surface area (Å²) < 4.78 is 5.72. The van der Waals surface area contributed by atoms with Crippen LogP contribution in [0.15, 0.2) is 54.7 Å². The predicted octanol–water partition coefficient (Wildman–Crippen LogP) is 4.49. The molecular formula is C22H22N2O2S. The molecule has 1 amide bonds. The Kier molecular flexibility index (Phi) is 5.21. The number of anilines is 1. The van der Waals surface area contributed by atoms with Crippen LogP contribution in [0.3, 0.4) is 0 Å². The standard InChI is InChI=1S/C22H22N2O2S/c1-2-15-7-9-16(10-8-15)11-19-13-23-22(27-19)24-21(25)18-12-17-5-3-4-6-20(17)26-14-18/h3-10,13,18H,2,11-12,14H2,1H3,(H,23,24,25)/t18-/m0/s1. The number of nitrogens with zero attached hydrogens (tertiary/aromatic N) is 1. The number of hydrogen-bond acceptors (Lipinski definition) is 4. The first-order valence-corrected chi connectivity index (χ1v) is 10.1. The highest BCUT2D eigenvalue weighted by Crippen LogP contribution is 2.28. The summed E-state index contributed by atoms with van der Waals surface area (Å²) in [6.45, 7) is 2.56. The molecule has 0 saturated carbocycles. The van der Waals surface area contributed by atoms with Crippen LogP contribution in [0.4, 0.5) is 5.13 Å². The van der Waals surface area contributed by atoms with E-state index in [0.717, 1.165) is 29.0 Å². The summed E-state index contributed by atoms with van der Waals surface area (Å²) in [5.74, 6) is 0.665.